The molecule has 136 valence electrons. The van der Waals surface area contributed by atoms with E-state index in [1.165, 1.54) is 29.7 Å². The number of pyridine rings is 1. The third kappa shape index (κ3) is 3.72. The first kappa shape index (κ1) is 19.5. The molecule has 1 aromatic heterocycles. The Morgan fingerprint density at radius 3 is 2.62 bits per heavy atom. The fourth-order valence-corrected chi connectivity index (χ4v) is 2.76. The van der Waals surface area contributed by atoms with Crippen LogP contribution in [0, 0.1) is 12.3 Å². The van der Waals surface area contributed by atoms with E-state index in [0.717, 1.165) is 5.56 Å². The van der Waals surface area contributed by atoms with E-state index in [0.29, 0.717) is 33.1 Å². The molecule has 6 nitrogen and oxygen atoms in total. The molecule has 7 heteroatoms. The van der Waals surface area contributed by atoms with Gasteiger partial charge >= 0.3 is 5.97 Å². The molecular formula is C19H21N3O3S. The molecule has 0 saturated carbocycles. The van der Waals surface area contributed by atoms with Crippen LogP contribution < -0.4 is 10.9 Å². The van der Waals surface area contributed by atoms with Crippen LogP contribution in [0.1, 0.15) is 21.5 Å². The second-order valence-corrected chi connectivity index (χ2v) is 6.55. The Bertz CT molecular complexity index is 948. The molecule has 2 N–H and O–H groups in total. The van der Waals surface area contributed by atoms with Crippen molar-refractivity contribution in [2.75, 3.05) is 18.7 Å². The number of aromatic nitrogens is 1. The van der Waals surface area contributed by atoms with Gasteiger partial charge in [0.15, 0.2) is 0 Å². The summed E-state index contributed by atoms with van der Waals surface area (Å²) in [5.74, 6) is 0.0276. The van der Waals surface area contributed by atoms with Gasteiger partial charge in [-0.15, -0.1) is 11.8 Å². The number of carbonyl (C=O) groups excluding carboxylic acids is 1. The number of ether oxygens (including phenoxy) is 1. The van der Waals surface area contributed by atoms with Gasteiger partial charge in [-0.25, -0.2) is 4.79 Å². The van der Waals surface area contributed by atoms with Crippen molar-refractivity contribution in [2.45, 2.75) is 6.92 Å². The number of hydrogen-bond acceptors (Lipinski definition) is 6. The van der Waals surface area contributed by atoms with Crippen LogP contribution in [-0.2, 0) is 11.8 Å². The second kappa shape index (κ2) is 8.05. The lowest BCUT2D eigenvalue weighted by Gasteiger charge is -2.17. The molecule has 0 radical (unpaired) electrons. The molecule has 0 amide bonds. The van der Waals surface area contributed by atoms with Crippen LogP contribution in [0.5, 0.6) is 0 Å². The smallest absolute Gasteiger partial charge is 0.337 e. The van der Waals surface area contributed by atoms with Crippen LogP contribution in [0.4, 0.5) is 5.82 Å². The Hall–Kier alpha value is -2.80. The minimum Gasteiger partial charge on any atom is -0.465 e. The van der Waals surface area contributed by atoms with Crippen LogP contribution in [-0.4, -0.2) is 30.1 Å². The highest BCUT2D eigenvalue weighted by Crippen LogP contribution is 2.26. The maximum Gasteiger partial charge on any atom is 0.337 e. The first-order chi connectivity index (χ1) is 12.3. The Labute approximate surface area is 156 Å². The third-order valence-electron chi connectivity index (χ3n) is 4.05. The fourth-order valence-electron chi connectivity index (χ4n) is 2.56. The number of anilines is 1. The standard InChI is InChI=1S/C19H21N3O3S/c1-11-6-7-13(19(24)25-4)8-15(11)16-9-14(10-20)17(21-12(2)26-5)22(3)18(16)23/h6-10,20-21H,2H2,1,3-5H3. The highest BCUT2D eigenvalue weighted by molar-refractivity contribution is 8.02. The minimum absolute atomic E-state index is 0.239. The zero-order valence-electron chi connectivity index (χ0n) is 15.2. The summed E-state index contributed by atoms with van der Waals surface area (Å²) in [6, 6.07) is 6.71. The SMILES string of the molecule is C=C(Nc1c(C=N)cc(-c2cc(C(=O)OC)ccc2C)c(=O)n1C)SC. The van der Waals surface area contributed by atoms with Crippen molar-refractivity contribution < 1.29 is 9.53 Å². The van der Waals surface area contributed by atoms with Crippen molar-refractivity contribution >= 4 is 29.8 Å². The zero-order valence-corrected chi connectivity index (χ0v) is 16.0. The number of nitrogens with one attached hydrogen (secondary N) is 2. The molecule has 0 aliphatic carbocycles. The summed E-state index contributed by atoms with van der Waals surface area (Å²) < 4.78 is 6.21. The van der Waals surface area contributed by atoms with Gasteiger partial charge in [-0.2, -0.15) is 0 Å². The molecule has 1 aromatic carbocycles. The summed E-state index contributed by atoms with van der Waals surface area (Å²) in [5, 5.41) is 11.4. The van der Waals surface area contributed by atoms with Gasteiger partial charge in [-0.05, 0) is 42.5 Å². The number of benzene rings is 1. The number of nitrogens with zero attached hydrogens (tertiary/aromatic N) is 1. The topological polar surface area (TPSA) is 84.2 Å². The van der Waals surface area contributed by atoms with Crippen LogP contribution in [0.25, 0.3) is 11.1 Å². The Balaban J connectivity index is 2.71. The lowest BCUT2D eigenvalue weighted by Crippen LogP contribution is -2.23. The number of thioether (sulfide) groups is 1. The van der Waals surface area contributed by atoms with Gasteiger partial charge in [-0.3, -0.25) is 9.36 Å². The Morgan fingerprint density at radius 2 is 2.04 bits per heavy atom. The van der Waals surface area contributed by atoms with Crippen LogP contribution in [0.15, 0.2) is 40.7 Å². The predicted octanol–water partition coefficient (Wildman–Crippen LogP) is 3.39. The zero-order chi connectivity index (χ0) is 19.4. The molecule has 2 aromatic rings. The van der Waals surface area contributed by atoms with E-state index in [-0.39, 0.29) is 5.56 Å². The molecule has 2 rings (SSSR count). The van der Waals surface area contributed by atoms with Gasteiger partial charge in [0.05, 0.1) is 17.7 Å². The summed E-state index contributed by atoms with van der Waals surface area (Å²) in [5.41, 5.74) is 2.56. The number of esters is 1. The van der Waals surface area contributed by atoms with Gasteiger partial charge in [0, 0.05) is 24.4 Å². The van der Waals surface area contributed by atoms with Crippen molar-refractivity contribution in [1.29, 1.82) is 5.41 Å². The van der Waals surface area contributed by atoms with Gasteiger partial charge in [0.25, 0.3) is 5.56 Å². The van der Waals surface area contributed by atoms with Crippen molar-refractivity contribution in [3.8, 4) is 11.1 Å². The van der Waals surface area contributed by atoms with Crippen molar-refractivity contribution in [1.82, 2.24) is 4.57 Å². The lowest BCUT2D eigenvalue weighted by atomic mass is 9.97. The average molecular weight is 371 g/mol. The first-order valence-electron chi connectivity index (χ1n) is 7.77. The summed E-state index contributed by atoms with van der Waals surface area (Å²) in [6.45, 7) is 5.72. The van der Waals surface area contributed by atoms with E-state index in [1.54, 1.807) is 31.3 Å². The number of aryl methyl sites for hydroxylation is 1. The van der Waals surface area contributed by atoms with E-state index >= 15 is 0 Å². The second-order valence-electron chi connectivity index (χ2n) is 5.64. The highest BCUT2D eigenvalue weighted by Gasteiger charge is 2.16. The van der Waals surface area contributed by atoms with Gasteiger partial charge in [0.1, 0.15) is 5.82 Å². The monoisotopic (exact) mass is 371 g/mol. The van der Waals surface area contributed by atoms with E-state index < -0.39 is 5.97 Å². The molecule has 0 bridgehead atoms. The van der Waals surface area contributed by atoms with Crippen LogP contribution in [0.2, 0.25) is 0 Å². The van der Waals surface area contributed by atoms with Crippen molar-refractivity contribution in [3.63, 3.8) is 0 Å². The highest BCUT2D eigenvalue weighted by atomic mass is 32.2. The maximum absolute atomic E-state index is 12.9. The quantitative estimate of drug-likeness (QED) is 0.601. The molecule has 1 heterocycles. The maximum atomic E-state index is 12.9. The fraction of sp³-hybridized carbons (Fsp3) is 0.211. The van der Waals surface area contributed by atoms with E-state index in [1.807, 2.05) is 13.2 Å². The normalized spacial score (nSPS) is 10.3. The third-order valence-corrected chi connectivity index (χ3v) is 4.65. The molecule has 0 spiro atoms. The average Bonchev–Trinajstić information content (AvgIpc) is 2.65. The van der Waals surface area contributed by atoms with Crippen LogP contribution >= 0.6 is 11.8 Å². The first-order valence-corrected chi connectivity index (χ1v) is 9.00. The Kier molecular flexibility index (Phi) is 6.05. The van der Waals surface area contributed by atoms with Crippen LogP contribution in [0.3, 0.4) is 0 Å². The number of rotatable bonds is 6. The summed E-state index contributed by atoms with van der Waals surface area (Å²) in [6.07, 6.45) is 3.05. The lowest BCUT2D eigenvalue weighted by molar-refractivity contribution is 0.0601. The molecule has 0 unspecified atom stereocenters. The number of methoxy groups -OCH3 is 1. The number of carbonyl (C=O) groups is 1. The van der Waals surface area contributed by atoms with E-state index in [2.05, 4.69) is 11.9 Å². The minimum atomic E-state index is -0.468. The molecule has 26 heavy (non-hydrogen) atoms. The predicted molar refractivity (Wildman–Crippen MR) is 107 cm³/mol. The summed E-state index contributed by atoms with van der Waals surface area (Å²) in [4.78, 5) is 24.8. The summed E-state index contributed by atoms with van der Waals surface area (Å²) in [7, 11) is 2.95. The molecule has 0 atom stereocenters. The number of hydrogen-bond donors (Lipinski definition) is 2. The van der Waals surface area contributed by atoms with E-state index in [9.17, 15) is 9.59 Å². The molecule has 0 aliphatic rings. The summed E-state index contributed by atoms with van der Waals surface area (Å²) >= 11 is 1.42. The van der Waals surface area contributed by atoms with Crippen molar-refractivity contribution in [3.05, 3.63) is 62.9 Å². The van der Waals surface area contributed by atoms with Gasteiger partial charge in [0.2, 0.25) is 0 Å². The Morgan fingerprint density at radius 1 is 1.35 bits per heavy atom. The van der Waals surface area contributed by atoms with Gasteiger partial charge < -0.3 is 15.5 Å². The van der Waals surface area contributed by atoms with Gasteiger partial charge in [-0.1, -0.05) is 12.6 Å². The van der Waals surface area contributed by atoms with Crippen molar-refractivity contribution in [2.24, 2.45) is 7.05 Å². The molecule has 0 saturated heterocycles. The largest absolute Gasteiger partial charge is 0.465 e. The molecular weight excluding hydrogens is 350 g/mol. The molecule has 0 aliphatic heterocycles. The molecule has 0 fully saturated rings. The van der Waals surface area contributed by atoms with E-state index in [4.69, 9.17) is 10.1 Å².